The first-order chi connectivity index (χ1) is 10.6. The Labute approximate surface area is 130 Å². The molecule has 0 bridgehead atoms. The quantitative estimate of drug-likeness (QED) is 0.861. The van der Waals surface area contributed by atoms with Gasteiger partial charge in [0, 0.05) is 11.6 Å². The highest BCUT2D eigenvalue weighted by Crippen LogP contribution is 2.47. The van der Waals surface area contributed by atoms with Gasteiger partial charge in [0.2, 0.25) is 0 Å². The number of hydrogen-bond donors (Lipinski definition) is 1. The molecule has 0 radical (unpaired) electrons. The number of aliphatic hydroxyl groups excluding tert-OH is 1. The zero-order valence-electron chi connectivity index (χ0n) is 13.2. The molecule has 0 spiro atoms. The predicted octanol–water partition coefficient (Wildman–Crippen LogP) is 2.13. The van der Waals surface area contributed by atoms with Gasteiger partial charge in [-0.3, -0.25) is 4.90 Å². The Morgan fingerprint density at radius 2 is 1.68 bits per heavy atom. The van der Waals surface area contributed by atoms with Gasteiger partial charge in [-0.1, -0.05) is 0 Å². The highest BCUT2D eigenvalue weighted by Gasteiger charge is 2.47. The molecule has 0 saturated carbocycles. The molecule has 0 amide bonds. The van der Waals surface area contributed by atoms with Crippen molar-refractivity contribution in [2.45, 2.75) is 44.4 Å². The highest BCUT2D eigenvalue weighted by atomic mass is 16.6. The lowest BCUT2D eigenvalue weighted by molar-refractivity contribution is -0.0761. The van der Waals surface area contributed by atoms with Crippen LogP contribution in [0.2, 0.25) is 0 Å². The summed E-state index contributed by atoms with van der Waals surface area (Å²) in [4.78, 5) is 2.35. The fourth-order valence-electron chi connectivity index (χ4n) is 3.96. The van der Waals surface area contributed by atoms with Crippen molar-refractivity contribution in [1.82, 2.24) is 4.90 Å². The molecule has 120 valence electrons. The van der Waals surface area contributed by atoms with Crippen molar-refractivity contribution in [2.24, 2.45) is 0 Å². The van der Waals surface area contributed by atoms with Gasteiger partial charge in [-0.2, -0.15) is 0 Å². The first-order valence-corrected chi connectivity index (χ1v) is 8.11. The molecule has 1 aromatic rings. The molecular formula is C17H23NO4. The van der Waals surface area contributed by atoms with E-state index >= 15 is 0 Å². The second-order valence-corrected chi connectivity index (χ2v) is 6.87. The second-order valence-electron chi connectivity index (χ2n) is 6.87. The van der Waals surface area contributed by atoms with Crippen LogP contribution in [-0.4, -0.2) is 48.0 Å². The molecule has 0 aliphatic carbocycles. The van der Waals surface area contributed by atoms with Gasteiger partial charge >= 0.3 is 0 Å². The van der Waals surface area contributed by atoms with Crippen LogP contribution in [0, 0.1) is 0 Å². The largest absolute Gasteiger partial charge is 0.486 e. The van der Waals surface area contributed by atoms with Gasteiger partial charge in [0.15, 0.2) is 11.5 Å². The standard InChI is InChI=1S/C17H23NO4/c1-17(2)16(18-5-3-4-6-18)15(19)11-9-13-14(10-12(11)22-17)21-8-7-20-13/h9-10,15-16,19H,3-8H2,1-2H3. The van der Waals surface area contributed by atoms with E-state index in [4.69, 9.17) is 14.2 Å². The third-order valence-corrected chi connectivity index (χ3v) is 4.91. The van der Waals surface area contributed by atoms with Crippen LogP contribution in [0.5, 0.6) is 17.2 Å². The summed E-state index contributed by atoms with van der Waals surface area (Å²) in [6, 6.07) is 3.70. The Kier molecular flexibility index (Phi) is 3.24. The molecule has 1 saturated heterocycles. The lowest BCUT2D eigenvalue weighted by Crippen LogP contribution is -2.57. The summed E-state index contributed by atoms with van der Waals surface area (Å²) in [5, 5.41) is 11.0. The average Bonchev–Trinajstić information content (AvgIpc) is 2.98. The number of nitrogens with zero attached hydrogens (tertiary/aromatic N) is 1. The van der Waals surface area contributed by atoms with Gasteiger partial charge in [-0.15, -0.1) is 0 Å². The van der Waals surface area contributed by atoms with E-state index in [1.165, 1.54) is 12.8 Å². The van der Waals surface area contributed by atoms with Gasteiger partial charge in [-0.05, 0) is 45.8 Å². The van der Waals surface area contributed by atoms with Crippen molar-refractivity contribution in [1.29, 1.82) is 0 Å². The Morgan fingerprint density at radius 1 is 1.05 bits per heavy atom. The van der Waals surface area contributed by atoms with Crippen LogP contribution >= 0.6 is 0 Å². The molecular weight excluding hydrogens is 282 g/mol. The van der Waals surface area contributed by atoms with E-state index in [2.05, 4.69) is 18.7 Å². The average molecular weight is 305 g/mol. The minimum atomic E-state index is -0.576. The van der Waals surface area contributed by atoms with Crippen molar-refractivity contribution >= 4 is 0 Å². The summed E-state index contributed by atoms with van der Waals surface area (Å²) in [5.74, 6) is 2.11. The van der Waals surface area contributed by atoms with Crippen LogP contribution in [0.4, 0.5) is 0 Å². The Morgan fingerprint density at radius 3 is 2.36 bits per heavy atom. The van der Waals surface area contributed by atoms with Gasteiger partial charge in [0.05, 0.1) is 6.04 Å². The molecule has 1 aromatic carbocycles. The van der Waals surface area contributed by atoms with Gasteiger partial charge in [-0.25, -0.2) is 0 Å². The van der Waals surface area contributed by atoms with Crippen molar-refractivity contribution in [3.05, 3.63) is 17.7 Å². The number of likely N-dealkylation sites (tertiary alicyclic amines) is 1. The number of aliphatic hydroxyl groups is 1. The molecule has 5 heteroatoms. The van der Waals surface area contributed by atoms with Crippen LogP contribution in [0.25, 0.3) is 0 Å². The van der Waals surface area contributed by atoms with E-state index in [1.54, 1.807) is 0 Å². The Bertz CT molecular complexity index is 580. The van der Waals surface area contributed by atoms with Crippen LogP contribution in [-0.2, 0) is 0 Å². The molecule has 2 unspecified atom stereocenters. The van der Waals surface area contributed by atoms with Crippen molar-refractivity contribution in [3.63, 3.8) is 0 Å². The fourth-order valence-corrected chi connectivity index (χ4v) is 3.96. The summed E-state index contributed by atoms with van der Waals surface area (Å²) >= 11 is 0. The van der Waals surface area contributed by atoms with Crippen molar-refractivity contribution < 1.29 is 19.3 Å². The predicted molar refractivity (Wildman–Crippen MR) is 81.7 cm³/mol. The summed E-state index contributed by atoms with van der Waals surface area (Å²) in [7, 11) is 0. The monoisotopic (exact) mass is 305 g/mol. The molecule has 3 aliphatic heterocycles. The van der Waals surface area contributed by atoms with Gasteiger partial charge < -0.3 is 19.3 Å². The van der Waals surface area contributed by atoms with Crippen LogP contribution in [0.15, 0.2) is 12.1 Å². The van der Waals surface area contributed by atoms with Crippen molar-refractivity contribution in [2.75, 3.05) is 26.3 Å². The number of fused-ring (bicyclic) bond motifs is 2. The van der Waals surface area contributed by atoms with Gasteiger partial charge in [0.1, 0.15) is 30.7 Å². The van der Waals surface area contributed by atoms with E-state index in [0.29, 0.717) is 30.5 Å². The molecule has 1 N–H and O–H groups in total. The van der Waals surface area contributed by atoms with E-state index in [1.807, 2.05) is 12.1 Å². The number of rotatable bonds is 1. The molecule has 3 aliphatic rings. The third-order valence-electron chi connectivity index (χ3n) is 4.91. The first-order valence-electron chi connectivity index (χ1n) is 8.11. The normalized spacial score (nSPS) is 29.8. The topological polar surface area (TPSA) is 51.2 Å². The zero-order valence-corrected chi connectivity index (χ0v) is 13.2. The summed E-state index contributed by atoms with van der Waals surface area (Å²) in [6.07, 6.45) is 1.80. The van der Waals surface area contributed by atoms with E-state index < -0.39 is 11.7 Å². The molecule has 0 aromatic heterocycles. The highest BCUT2D eigenvalue weighted by molar-refractivity contribution is 5.53. The lowest BCUT2D eigenvalue weighted by Gasteiger charge is -2.47. The first kappa shape index (κ1) is 14.2. The molecule has 5 nitrogen and oxygen atoms in total. The number of ether oxygens (including phenoxy) is 3. The summed E-state index contributed by atoms with van der Waals surface area (Å²) in [5.41, 5.74) is 0.362. The summed E-state index contributed by atoms with van der Waals surface area (Å²) < 4.78 is 17.5. The van der Waals surface area contributed by atoms with E-state index in [-0.39, 0.29) is 6.04 Å². The van der Waals surface area contributed by atoms with Crippen molar-refractivity contribution in [3.8, 4) is 17.2 Å². The van der Waals surface area contributed by atoms with Crippen LogP contribution in [0.3, 0.4) is 0 Å². The molecule has 1 fully saturated rings. The lowest BCUT2D eigenvalue weighted by atomic mass is 9.85. The molecule has 2 atom stereocenters. The maximum Gasteiger partial charge on any atom is 0.165 e. The molecule has 22 heavy (non-hydrogen) atoms. The van der Waals surface area contributed by atoms with Gasteiger partial charge in [0.25, 0.3) is 0 Å². The third kappa shape index (κ3) is 2.15. The van der Waals surface area contributed by atoms with Crippen LogP contribution < -0.4 is 14.2 Å². The minimum absolute atomic E-state index is 0.0370. The number of hydrogen-bond acceptors (Lipinski definition) is 5. The zero-order chi connectivity index (χ0) is 15.3. The smallest absolute Gasteiger partial charge is 0.165 e. The molecule has 4 rings (SSSR count). The summed E-state index contributed by atoms with van der Waals surface area (Å²) in [6.45, 7) is 7.25. The van der Waals surface area contributed by atoms with E-state index in [0.717, 1.165) is 18.7 Å². The maximum absolute atomic E-state index is 11.0. The SMILES string of the molecule is CC1(C)Oc2cc3c(cc2C(O)C1N1CCCC1)OCCO3. The molecule has 3 heterocycles. The minimum Gasteiger partial charge on any atom is -0.486 e. The number of benzene rings is 1. The second kappa shape index (κ2) is 5.03. The maximum atomic E-state index is 11.0. The Hall–Kier alpha value is -1.46. The Balaban J connectivity index is 1.75. The van der Waals surface area contributed by atoms with E-state index in [9.17, 15) is 5.11 Å². The fraction of sp³-hybridized carbons (Fsp3) is 0.647. The van der Waals surface area contributed by atoms with Crippen LogP contribution in [0.1, 0.15) is 38.4 Å².